The molecule has 0 aliphatic rings. The van der Waals surface area contributed by atoms with Crippen molar-refractivity contribution in [3.63, 3.8) is 0 Å². The number of hydrogen-bond donors (Lipinski definition) is 1. The Morgan fingerprint density at radius 2 is 1.36 bits per heavy atom. The van der Waals surface area contributed by atoms with Crippen molar-refractivity contribution in [2.45, 2.75) is 26.8 Å². The van der Waals surface area contributed by atoms with Gasteiger partial charge in [-0.1, -0.05) is 0 Å². The number of nitrogens with one attached hydrogen (secondary N) is 1. The molecule has 0 aliphatic heterocycles. The minimum absolute atomic E-state index is 0.649. The summed E-state index contributed by atoms with van der Waals surface area (Å²) in [5.41, 5.74) is 0. The summed E-state index contributed by atoms with van der Waals surface area (Å²) < 4.78 is 17.0. The van der Waals surface area contributed by atoms with Crippen LogP contribution in [0, 0.1) is 0 Å². The van der Waals surface area contributed by atoms with Crippen LogP contribution in [-0.2, 0) is 13.3 Å². The monoisotopic (exact) mass is 221 g/mol. The van der Waals surface area contributed by atoms with E-state index in [1.165, 1.54) is 0 Å². The lowest BCUT2D eigenvalue weighted by Gasteiger charge is -2.28. The summed E-state index contributed by atoms with van der Waals surface area (Å²) in [5.74, 6) is 0. The molecule has 0 spiro atoms. The summed E-state index contributed by atoms with van der Waals surface area (Å²) in [6, 6.07) is 0.832. The Kier molecular flexibility index (Phi) is 8.41. The minimum atomic E-state index is -2.38. The smallest absolute Gasteiger partial charge is 0.374 e. The molecule has 0 heterocycles. The van der Waals surface area contributed by atoms with E-state index in [0.29, 0.717) is 19.8 Å². The van der Waals surface area contributed by atoms with Gasteiger partial charge in [-0.05, 0) is 34.4 Å². The summed E-state index contributed by atoms with van der Waals surface area (Å²) in [6.07, 6.45) is 0. The molecule has 0 radical (unpaired) electrons. The van der Waals surface area contributed by atoms with Crippen LogP contribution in [0.25, 0.3) is 0 Å². The Hall–Kier alpha value is 0.0569. The van der Waals surface area contributed by atoms with Crippen molar-refractivity contribution in [2.24, 2.45) is 0 Å². The average molecular weight is 221 g/mol. The van der Waals surface area contributed by atoms with Crippen LogP contribution in [0.3, 0.4) is 0 Å². The Labute approximate surface area is 88.3 Å². The molecule has 5 heteroatoms. The molecule has 0 aromatic heterocycles. The average Bonchev–Trinajstić information content (AvgIpc) is 2.16. The van der Waals surface area contributed by atoms with Crippen LogP contribution in [0.2, 0.25) is 6.04 Å². The van der Waals surface area contributed by atoms with Crippen LogP contribution in [0.15, 0.2) is 0 Å². The fraction of sp³-hybridized carbons (Fsp3) is 1.00. The molecule has 1 N–H and O–H groups in total. The second-order valence-electron chi connectivity index (χ2n) is 2.84. The molecule has 0 aliphatic carbocycles. The van der Waals surface area contributed by atoms with Gasteiger partial charge in [0.05, 0.1) is 0 Å². The lowest BCUT2D eigenvalue weighted by Crippen LogP contribution is -2.47. The molecule has 0 fully saturated rings. The van der Waals surface area contributed by atoms with E-state index in [0.717, 1.165) is 12.6 Å². The maximum Gasteiger partial charge on any atom is 0.502 e. The Bertz CT molecular complexity index is 118. The molecule has 0 atom stereocenters. The zero-order chi connectivity index (χ0) is 10.9. The summed E-state index contributed by atoms with van der Waals surface area (Å²) in [7, 11) is -0.459. The quantitative estimate of drug-likeness (QED) is 0.595. The molecule has 4 nitrogen and oxygen atoms in total. The normalized spacial score (nSPS) is 12.0. The number of rotatable bonds is 9. The third-order valence-corrected chi connectivity index (χ3v) is 4.82. The second kappa shape index (κ2) is 8.37. The van der Waals surface area contributed by atoms with Crippen LogP contribution >= 0.6 is 0 Å². The van der Waals surface area contributed by atoms with Gasteiger partial charge in [-0.15, -0.1) is 0 Å². The molecule has 86 valence electrons. The van der Waals surface area contributed by atoms with Crippen LogP contribution in [-0.4, -0.2) is 42.2 Å². The lowest BCUT2D eigenvalue weighted by atomic mass is 10.8. The van der Waals surface area contributed by atoms with E-state index < -0.39 is 8.80 Å². The van der Waals surface area contributed by atoms with E-state index in [-0.39, 0.29) is 0 Å². The highest BCUT2D eigenvalue weighted by Crippen LogP contribution is 2.14. The fourth-order valence-corrected chi connectivity index (χ4v) is 3.84. The second-order valence-corrected chi connectivity index (χ2v) is 5.57. The summed E-state index contributed by atoms with van der Waals surface area (Å²) in [5, 5.41) is 3.09. The maximum absolute atomic E-state index is 5.67. The van der Waals surface area contributed by atoms with E-state index in [1.54, 1.807) is 0 Å². The maximum atomic E-state index is 5.67. The largest absolute Gasteiger partial charge is 0.502 e. The van der Waals surface area contributed by atoms with Gasteiger partial charge in [0.15, 0.2) is 0 Å². The molecule has 14 heavy (non-hydrogen) atoms. The summed E-state index contributed by atoms with van der Waals surface area (Å²) >= 11 is 0. The fourth-order valence-electron chi connectivity index (χ4n) is 1.28. The predicted octanol–water partition coefficient (Wildman–Crippen LogP) is 1.25. The highest BCUT2D eigenvalue weighted by molar-refractivity contribution is 6.60. The summed E-state index contributed by atoms with van der Waals surface area (Å²) in [4.78, 5) is 0. The standard InChI is InChI=1S/C9H23NO3Si/c1-5-11-14(12-6-2,13-7-3)9-8-10-4/h10H,5-9H2,1-4H3. The lowest BCUT2D eigenvalue weighted by molar-refractivity contribution is 0.0715. The van der Waals surface area contributed by atoms with Gasteiger partial charge in [-0.2, -0.15) is 0 Å². The first-order valence-corrected chi connectivity index (χ1v) is 7.24. The highest BCUT2D eigenvalue weighted by atomic mass is 28.4. The van der Waals surface area contributed by atoms with E-state index in [4.69, 9.17) is 13.3 Å². The molecular weight excluding hydrogens is 198 g/mol. The molecule has 0 saturated heterocycles. The van der Waals surface area contributed by atoms with Crippen molar-refractivity contribution in [3.8, 4) is 0 Å². The first-order chi connectivity index (χ1) is 6.74. The van der Waals surface area contributed by atoms with Crippen LogP contribution < -0.4 is 5.32 Å². The Morgan fingerprint density at radius 1 is 0.929 bits per heavy atom. The molecule has 0 saturated carbocycles. The van der Waals surface area contributed by atoms with Crippen molar-refractivity contribution < 1.29 is 13.3 Å². The van der Waals surface area contributed by atoms with Gasteiger partial charge in [0, 0.05) is 25.9 Å². The zero-order valence-electron chi connectivity index (χ0n) is 9.76. The third-order valence-electron chi connectivity index (χ3n) is 1.77. The van der Waals surface area contributed by atoms with Gasteiger partial charge in [0.1, 0.15) is 0 Å². The van der Waals surface area contributed by atoms with E-state index in [2.05, 4.69) is 5.32 Å². The van der Waals surface area contributed by atoms with Gasteiger partial charge in [-0.25, -0.2) is 0 Å². The van der Waals surface area contributed by atoms with Crippen LogP contribution in [0.5, 0.6) is 0 Å². The molecule has 0 bridgehead atoms. The summed E-state index contributed by atoms with van der Waals surface area (Å²) in [6.45, 7) is 8.73. The number of hydrogen-bond acceptors (Lipinski definition) is 4. The van der Waals surface area contributed by atoms with Gasteiger partial charge < -0.3 is 18.6 Å². The molecule has 0 rings (SSSR count). The van der Waals surface area contributed by atoms with E-state index >= 15 is 0 Å². The van der Waals surface area contributed by atoms with Crippen LogP contribution in [0.4, 0.5) is 0 Å². The third kappa shape index (κ3) is 5.07. The predicted molar refractivity (Wildman–Crippen MR) is 59.4 cm³/mol. The Balaban J connectivity index is 4.21. The van der Waals surface area contributed by atoms with Crippen LogP contribution in [0.1, 0.15) is 20.8 Å². The van der Waals surface area contributed by atoms with Crippen molar-refractivity contribution in [2.75, 3.05) is 33.4 Å². The van der Waals surface area contributed by atoms with Gasteiger partial charge in [0.2, 0.25) is 0 Å². The van der Waals surface area contributed by atoms with Crippen molar-refractivity contribution in [3.05, 3.63) is 0 Å². The first kappa shape index (κ1) is 14.1. The Morgan fingerprint density at radius 3 is 1.64 bits per heavy atom. The van der Waals surface area contributed by atoms with Crippen molar-refractivity contribution in [1.29, 1.82) is 0 Å². The van der Waals surface area contributed by atoms with Gasteiger partial charge in [-0.3, -0.25) is 0 Å². The molecular formula is C9H23NO3Si. The molecule has 0 unspecified atom stereocenters. The zero-order valence-corrected chi connectivity index (χ0v) is 10.8. The molecule has 0 aromatic carbocycles. The molecule has 0 aromatic rings. The van der Waals surface area contributed by atoms with Gasteiger partial charge >= 0.3 is 8.80 Å². The topological polar surface area (TPSA) is 39.7 Å². The van der Waals surface area contributed by atoms with Crippen molar-refractivity contribution in [1.82, 2.24) is 5.32 Å². The minimum Gasteiger partial charge on any atom is -0.374 e. The van der Waals surface area contributed by atoms with Crippen molar-refractivity contribution >= 4 is 8.80 Å². The van der Waals surface area contributed by atoms with Gasteiger partial charge in [0.25, 0.3) is 0 Å². The SMILES string of the molecule is CCO[Si](CCNC)(OCC)OCC. The molecule has 0 amide bonds. The first-order valence-electron chi connectivity index (χ1n) is 5.31. The van der Waals surface area contributed by atoms with E-state index in [1.807, 2.05) is 27.8 Å². The highest BCUT2D eigenvalue weighted by Gasteiger charge is 2.39. The van der Waals surface area contributed by atoms with E-state index in [9.17, 15) is 0 Å².